The van der Waals surface area contributed by atoms with Crippen LogP contribution in [-0.4, -0.2) is 11.2 Å². The number of hydrogen-bond acceptors (Lipinski definition) is 3. The Morgan fingerprint density at radius 1 is 1.54 bits per heavy atom. The number of benzene rings is 1. The van der Waals surface area contributed by atoms with Crippen molar-refractivity contribution in [3.05, 3.63) is 23.8 Å². The molecule has 0 aromatic heterocycles. The largest absolute Gasteiger partial charge is 0.508 e. The van der Waals surface area contributed by atoms with Crippen LogP contribution in [0.25, 0.3) is 0 Å². The van der Waals surface area contributed by atoms with Gasteiger partial charge < -0.3 is 15.6 Å². The molecule has 2 atom stereocenters. The predicted molar refractivity (Wildman–Crippen MR) is 49.7 cm³/mol. The fourth-order valence-electron chi connectivity index (χ4n) is 1.68. The monoisotopic (exact) mass is 179 g/mol. The molecule has 13 heavy (non-hydrogen) atoms. The minimum absolute atomic E-state index is 0.0224. The molecule has 1 aromatic carbocycles. The van der Waals surface area contributed by atoms with Crippen molar-refractivity contribution in [1.82, 2.24) is 0 Å². The number of phenolic OH excluding ortho intramolecular Hbond substituents is 1. The molecule has 3 heteroatoms. The van der Waals surface area contributed by atoms with Crippen LogP contribution < -0.4 is 10.5 Å². The molecule has 3 N–H and O–H groups in total. The Hall–Kier alpha value is -1.22. The van der Waals surface area contributed by atoms with E-state index in [0.717, 1.165) is 17.7 Å². The molecule has 1 aliphatic rings. The molecule has 0 bridgehead atoms. The molecule has 0 spiro atoms. The van der Waals surface area contributed by atoms with Gasteiger partial charge >= 0.3 is 0 Å². The Bertz CT molecular complexity index is 325. The molecular weight excluding hydrogens is 166 g/mol. The number of rotatable bonds is 0. The van der Waals surface area contributed by atoms with E-state index in [-0.39, 0.29) is 17.9 Å². The SMILES string of the molecule is CC1CC(N)c2cc(O)ccc2O1. The smallest absolute Gasteiger partial charge is 0.124 e. The number of nitrogens with two attached hydrogens (primary N) is 1. The number of fused-ring (bicyclic) bond motifs is 1. The summed E-state index contributed by atoms with van der Waals surface area (Å²) < 4.78 is 5.57. The summed E-state index contributed by atoms with van der Waals surface area (Å²) in [6, 6.07) is 5.03. The third-order valence-electron chi connectivity index (χ3n) is 2.31. The Morgan fingerprint density at radius 2 is 2.31 bits per heavy atom. The topological polar surface area (TPSA) is 55.5 Å². The third-order valence-corrected chi connectivity index (χ3v) is 2.31. The fraction of sp³-hybridized carbons (Fsp3) is 0.400. The van der Waals surface area contributed by atoms with Crippen LogP contribution >= 0.6 is 0 Å². The van der Waals surface area contributed by atoms with E-state index in [0.29, 0.717) is 0 Å². The first kappa shape index (κ1) is 8.38. The van der Waals surface area contributed by atoms with Gasteiger partial charge in [-0.05, 0) is 25.1 Å². The van der Waals surface area contributed by atoms with Crippen LogP contribution in [0.5, 0.6) is 11.5 Å². The highest BCUT2D eigenvalue weighted by Crippen LogP contribution is 2.35. The number of hydrogen-bond donors (Lipinski definition) is 2. The van der Waals surface area contributed by atoms with E-state index in [1.165, 1.54) is 0 Å². The highest BCUT2D eigenvalue weighted by Gasteiger charge is 2.22. The fourth-order valence-corrected chi connectivity index (χ4v) is 1.68. The lowest BCUT2D eigenvalue weighted by atomic mass is 9.98. The van der Waals surface area contributed by atoms with Gasteiger partial charge in [-0.1, -0.05) is 0 Å². The minimum atomic E-state index is -0.0224. The average Bonchev–Trinajstić information content (AvgIpc) is 2.06. The second-order valence-electron chi connectivity index (χ2n) is 3.49. The van der Waals surface area contributed by atoms with Gasteiger partial charge in [0.05, 0.1) is 6.10 Å². The van der Waals surface area contributed by atoms with E-state index in [1.807, 2.05) is 6.92 Å². The van der Waals surface area contributed by atoms with Crippen molar-refractivity contribution >= 4 is 0 Å². The van der Waals surface area contributed by atoms with Crippen molar-refractivity contribution in [3.63, 3.8) is 0 Å². The second-order valence-corrected chi connectivity index (χ2v) is 3.49. The molecule has 0 amide bonds. The van der Waals surface area contributed by atoms with Crippen LogP contribution in [-0.2, 0) is 0 Å². The summed E-state index contributed by atoms with van der Waals surface area (Å²) >= 11 is 0. The van der Waals surface area contributed by atoms with E-state index in [4.69, 9.17) is 10.5 Å². The lowest BCUT2D eigenvalue weighted by Crippen LogP contribution is -2.27. The summed E-state index contributed by atoms with van der Waals surface area (Å²) in [7, 11) is 0. The van der Waals surface area contributed by atoms with Gasteiger partial charge in [-0.2, -0.15) is 0 Å². The van der Waals surface area contributed by atoms with Crippen LogP contribution in [0, 0.1) is 0 Å². The van der Waals surface area contributed by atoms with Crippen LogP contribution in [0.2, 0.25) is 0 Å². The molecule has 0 radical (unpaired) electrons. The van der Waals surface area contributed by atoms with Crippen molar-refractivity contribution in [2.24, 2.45) is 5.73 Å². The molecule has 1 heterocycles. The molecular formula is C10H13NO2. The first-order valence-electron chi connectivity index (χ1n) is 4.42. The summed E-state index contributed by atoms with van der Waals surface area (Å²) in [4.78, 5) is 0. The minimum Gasteiger partial charge on any atom is -0.508 e. The van der Waals surface area contributed by atoms with Gasteiger partial charge in [0, 0.05) is 18.0 Å². The van der Waals surface area contributed by atoms with Crippen molar-refractivity contribution in [2.75, 3.05) is 0 Å². The normalized spacial score (nSPS) is 26.3. The lowest BCUT2D eigenvalue weighted by Gasteiger charge is -2.27. The van der Waals surface area contributed by atoms with Gasteiger partial charge in [-0.3, -0.25) is 0 Å². The van der Waals surface area contributed by atoms with Crippen molar-refractivity contribution in [3.8, 4) is 11.5 Å². The molecule has 0 aliphatic carbocycles. The quantitative estimate of drug-likeness (QED) is 0.635. The maximum absolute atomic E-state index is 9.26. The van der Waals surface area contributed by atoms with Crippen LogP contribution in [0.3, 0.4) is 0 Å². The Labute approximate surface area is 77.1 Å². The van der Waals surface area contributed by atoms with Crippen LogP contribution in [0.1, 0.15) is 24.9 Å². The first-order valence-corrected chi connectivity index (χ1v) is 4.42. The van der Waals surface area contributed by atoms with Gasteiger partial charge in [0.15, 0.2) is 0 Å². The third kappa shape index (κ3) is 1.47. The van der Waals surface area contributed by atoms with Crippen molar-refractivity contribution < 1.29 is 9.84 Å². The van der Waals surface area contributed by atoms with Gasteiger partial charge in [0.2, 0.25) is 0 Å². The van der Waals surface area contributed by atoms with Gasteiger partial charge in [0.25, 0.3) is 0 Å². The Kier molecular flexibility index (Phi) is 1.88. The van der Waals surface area contributed by atoms with Gasteiger partial charge in [-0.25, -0.2) is 0 Å². The first-order chi connectivity index (χ1) is 6.16. The highest BCUT2D eigenvalue weighted by molar-refractivity contribution is 5.42. The van der Waals surface area contributed by atoms with E-state index in [2.05, 4.69) is 0 Å². The molecule has 0 fully saturated rings. The Balaban J connectivity index is 2.43. The van der Waals surface area contributed by atoms with E-state index in [9.17, 15) is 5.11 Å². The number of aromatic hydroxyl groups is 1. The average molecular weight is 179 g/mol. The summed E-state index contributed by atoms with van der Waals surface area (Å²) in [5.41, 5.74) is 6.82. The number of ether oxygens (including phenoxy) is 1. The van der Waals surface area contributed by atoms with E-state index < -0.39 is 0 Å². The predicted octanol–water partition coefficient (Wildman–Crippen LogP) is 1.56. The van der Waals surface area contributed by atoms with Crippen molar-refractivity contribution in [2.45, 2.75) is 25.5 Å². The summed E-state index contributed by atoms with van der Waals surface area (Å²) in [5.74, 6) is 1.04. The van der Waals surface area contributed by atoms with E-state index >= 15 is 0 Å². The molecule has 0 saturated carbocycles. The molecule has 2 rings (SSSR count). The molecule has 3 nitrogen and oxygen atoms in total. The second kappa shape index (κ2) is 2.92. The number of phenols is 1. The standard InChI is InChI=1S/C10H13NO2/c1-6-4-9(11)8-5-7(12)2-3-10(8)13-6/h2-3,5-6,9,12H,4,11H2,1H3. The zero-order chi connectivity index (χ0) is 9.42. The molecule has 1 aliphatic heterocycles. The van der Waals surface area contributed by atoms with Crippen molar-refractivity contribution in [1.29, 1.82) is 0 Å². The van der Waals surface area contributed by atoms with Crippen LogP contribution in [0.15, 0.2) is 18.2 Å². The van der Waals surface area contributed by atoms with E-state index in [1.54, 1.807) is 18.2 Å². The zero-order valence-corrected chi connectivity index (χ0v) is 7.53. The molecule has 1 aromatic rings. The van der Waals surface area contributed by atoms with Gasteiger partial charge in [-0.15, -0.1) is 0 Å². The van der Waals surface area contributed by atoms with Crippen LogP contribution in [0.4, 0.5) is 0 Å². The molecule has 70 valence electrons. The maximum Gasteiger partial charge on any atom is 0.124 e. The van der Waals surface area contributed by atoms with Gasteiger partial charge in [0.1, 0.15) is 11.5 Å². The summed E-state index contributed by atoms with van der Waals surface area (Å²) in [5, 5.41) is 9.26. The lowest BCUT2D eigenvalue weighted by molar-refractivity contribution is 0.176. The Morgan fingerprint density at radius 3 is 3.08 bits per heavy atom. The summed E-state index contributed by atoms with van der Waals surface area (Å²) in [6.45, 7) is 2.00. The maximum atomic E-state index is 9.26. The molecule has 0 saturated heterocycles. The summed E-state index contributed by atoms with van der Waals surface area (Å²) in [6.07, 6.45) is 0.961. The molecule has 2 unspecified atom stereocenters. The highest BCUT2D eigenvalue weighted by atomic mass is 16.5. The zero-order valence-electron chi connectivity index (χ0n) is 7.53.